The minimum Gasteiger partial charge on any atom is -0.494 e. The standard InChI is InChI=1S/C14H13FN2O4/c1-7-5-10(12(16-7)14(19)20)17-13(18)8-3-4-9(15)11(6-8)21-2/h3-6,16H,1-2H3,(H,17,18)(H,19,20). The number of halogens is 1. The normalized spacial score (nSPS) is 10.2. The number of ether oxygens (including phenoxy) is 1. The van der Waals surface area contributed by atoms with Gasteiger partial charge in [-0.15, -0.1) is 0 Å². The highest BCUT2D eigenvalue weighted by Crippen LogP contribution is 2.21. The van der Waals surface area contributed by atoms with E-state index in [1.54, 1.807) is 6.92 Å². The Morgan fingerprint density at radius 1 is 1.33 bits per heavy atom. The Morgan fingerprint density at radius 3 is 2.67 bits per heavy atom. The lowest BCUT2D eigenvalue weighted by Gasteiger charge is -2.07. The van der Waals surface area contributed by atoms with E-state index in [-0.39, 0.29) is 22.7 Å². The van der Waals surface area contributed by atoms with Gasteiger partial charge in [-0.2, -0.15) is 0 Å². The molecule has 21 heavy (non-hydrogen) atoms. The fourth-order valence-corrected chi connectivity index (χ4v) is 1.85. The van der Waals surface area contributed by atoms with Crippen LogP contribution in [0.1, 0.15) is 26.5 Å². The predicted molar refractivity (Wildman–Crippen MR) is 73.4 cm³/mol. The van der Waals surface area contributed by atoms with Gasteiger partial charge in [-0.3, -0.25) is 4.79 Å². The van der Waals surface area contributed by atoms with Crippen LogP contribution in [-0.2, 0) is 0 Å². The van der Waals surface area contributed by atoms with Crippen LogP contribution in [0, 0.1) is 12.7 Å². The van der Waals surface area contributed by atoms with E-state index < -0.39 is 17.7 Å². The summed E-state index contributed by atoms with van der Waals surface area (Å²) in [5.41, 5.74) is 0.783. The Labute approximate surface area is 119 Å². The van der Waals surface area contributed by atoms with Gasteiger partial charge in [0.05, 0.1) is 12.8 Å². The van der Waals surface area contributed by atoms with Gasteiger partial charge in [0.15, 0.2) is 11.6 Å². The van der Waals surface area contributed by atoms with Crippen LogP contribution in [0.2, 0.25) is 0 Å². The number of H-pyrrole nitrogens is 1. The van der Waals surface area contributed by atoms with E-state index >= 15 is 0 Å². The van der Waals surface area contributed by atoms with E-state index in [9.17, 15) is 14.0 Å². The second kappa shape index (κ2) is 5.66. The van der Waals surface area contributed by atoms with Crippen LogP contribution >= 0.6 is 0 Å². The summed E-state index contributed by atoms with van der Waals surface area (Å²) in [4.78, 5) is 25.8. The molecule has 110 valence electrons. The molecule has 0 aliphatic rings. The molecule has 0 atom stereocenters. The number of aromatic carboxylic acids is 1. The van der Waals surface area contributed by atoms with Gasteiger partial charge in [0.2, 0.25) is 0 Å². The number of carboxylic acid groups (broad SMARTS) is 1. The number of nitrogens with one attached hydrogen (secondary N) is 2. The fraction of sp³-hybridized carbons (Fsp3) is 0.143. The monoisotopic (exact) mass is 292 g/mol. The third-order valence-electron chi connectivity index (χ3n) is 2.83. The summed E-state index contributed by atoms with van der Waals surface area (Å²) in [6.07, 6.45) is 0. The summed E-state index contributed by atoms with van der Waals surface area (Å²) in [5, 5.41) is 11.5. The lowest BCUT2D eigenvalue weighted by Crippen LogP contribution is -2.14. The quantitative estimate of drug-likeness (QED) is 0.807. The van der Waals surface area contributed by atoms with Crippen LogP contribution in [0.4, 0.5) is 10.1 Å². The summed E-state index contributed by atoms with van der Waals surface area (Å²) >= 11 is 0. The lowest BCUT2D eigenvalue weighted by atomic mass is 10.2. The predicted octanol–water partition coefficient (Wildman–Crippen LogP) is 2.42. The van der Waals surface area contributed by atoms with Crippen molar-refractivity contribution in [3.05, 3.63) is 47.0 Å². The largest absolute Gasteiger partial charge is 0.494 e. The second-order valence-corrected chi connectivity index (χ2v) is 4.35. The average Bonchev–Trinajstić information content (AvgIpc) is 2.80. The molecule has 2 rings (SSSR count). The molecule has 7 heteroatoms. The smallest absolute Gasteiger partial charge is 0.354 e. The van der Waals surface area contributed by atoms with Crippen molar-refractivity contribution in [2.75, 3.05) is 12.4 Å². The average molecular weight is 292 g/mol. The molecule has 0 saturated carbocycles. The van der Waals surface area contributed by atoms with Crippen LogP contribution in [0.3, 0.4) is 0 Å². The van der Waals surface area contributed by atoms with Crippen molar-refractivity contribution in [1.29, 1.82) is 0 Å². The van der Waals surface area contributed by atoms with Crippen molar-refractivity contribution >= 4 is 17.6 Å². The van der Waals surface area contributed by atoms with Crippen molar-refractivity contribution in [2.45, 2.75) is 6.92 Å². The molecule has 1 heterocycles. The first kappa shape index (κ1) is 14.6. The van der Waals surface area contributed by atoms with Crippen molar-refractivity contribution in [1.82, 2.24) is 4.98 Å². The number of aromatic amines is 1. The lowest BCUT2D eigenvalue weighted by molar-refractivity contribution is 0.0692. The Balaban J connectivity index is 2.28. The number of aromatic nitrogens is 1. The number of amides is 1. The van der Waals surface area contributed by atoms with Gasteiger partial charge in [0, 0.05) is 11.3 Å². The molecule has 3 N–H and O–H groups in total. The minimum absolute atomic E-state index is 0.0636. The Bertz CT molecular complexity index is 709. The van der Waals surface area contributed by atoms with E-state index in [4.69, 9.17) is 9.84 Å². The molecule has 1 aromatic heterocycles. The highest BCUT2D eigenvalue weighted by molar-refractivity contribution is 6.07. The van der Waals surface area contributed by atoms with Gasteiger partial charge >= 0.3 is 5.97 Å². The maximum Gasteiger partial charge on any atom is 0.354 e. The molecule has 0 fully saturated rings. The van der Waals surface area contributed by atoms with E-state index in [1.807, 2.05) is 0 Å². The van der Waals surface area contributed by atoms with Gasteiger partial charge in [0.25, 0.3) is 5.91 Å². The zero-order valence-electron chi connectivity index (χ0n) is 11.4. The molecule has 0 aliphatic carbocycles. The number of rotatable bonds is 4. The number of carbonyl (C=O) groups excluding carboxylic acids is 1. The molecule has 0 unspecified atom stereocenters. The van der Waals surface area contributed by atoms with E-state index in [0.717, 1.165) is 6.07 Å². The molecule has 0 radical (unpaired) electrons. The summed E-state index contributed by atoms with van der Waals surface area (Å²) in [5.74, 6) is -2.39. The van der Waals surface area contributed by atoms with Crippen molar-refractivity contribution in [2.24, 2.45) is 0 Å². The summed E-state index contributed by atoms with van der Waals surface area (Å²) in [6.45, 7) is 1.67. The summed E-state index contributed by atoms with van der Waals surface area (Å²) in [7, 11) is 1.29. The first-order chi connectivity index (χ1) is 9.92. The van der Waals surface area contributed by atoms with Crippen molar-refractivity contribution in [3.8, 4) is 5.75 Å². The maximum absolute atomic E-state index is 13.3. The second-order valence-electron chi connectivity index (χ2n) is 4.35. The molecule has 0 aliphatic heterocycles. The zero-order valence-corrected chi connectivity index (χ0v) is 11.4. The number of methoxy groups -OCH3 is 1. The Kier molecular flexibility index (Phi) is 3.93. The number of carboxylic acids is 1. The van der Waals surface area contributed by atoms with Crippen LogP contribution < -0.4 is 10.1 Å². The molecule has 2 aromatic rings. The number of anilines is 1. The van der Waals surface area contributed by atoms with Gasteiger partial charge < -0.3 is 20.1 Å². The molecular weight excluding hydrogens is 279 g/mol. The van der Waals surface area contributed by atoms with Crippen LogP contribution in [-0.4, -0.2) is 29.1 Å². The van der Waals surface area contributed by atoms with Crippen LogP contribution in [0.15, 0.2) is 24.3 Å². The topological polar surface area (TPSA) is 91.4 Å². The molecule has 1 amide bonds. The number of aryl methyl sites for hydroxylation is 1. The molecule has 6 nitrogen and oxygen atoms in total. The van der Waals surface area contributed by atoms with Crippen molar-refractivity contribution in [3.63, 3.8) is 0 Å². The van der Waals surface area contributed by atoms with E-state index in [1.165, 1.54) is 25.3 Å². The molecule has 0 saturated heterocycles. The number of benzene rings is 1. The first-order valence-corrected chi connectivity index (χ1v) is 6.00. The highest BCUT2D eigenvalue weighted by Gasteiger charge is 2.17. The number of carbonyl (C=O) groups is 2. The van der Waals surface area contributed by atoms with Gasteiger partial charge in [-0.05, 0) is 31.2 Å². The summed E-state index contributed by atoms with van der Waals surface area (Å²) < 4.78 is 18.1. The third-order valence-corrected chi connectivity index (χ3v) is 2.83. The van der Waals surface area contributed by atoms with Crippen LogP contribution in [0.5, 0.6) is 5.75 Å². The number of hydrogen-bond donors (Lipinski definition) is 3. The summed E-state index contributed by atoms with van der Waals surface area (Å²) in [6, 6.07) is 5.13. The molecule has 0 spiro atoms. The SMILES string of the molecule is COc1cc(C(=O)Nc2cc(C)[nH]c2C(=O)O)ccc1F. The third kappa shape index (κ3) is 3.02. The van der Waals surface area contributed by atoms with Gasteiger partial charge in [-0.25, -0.2) is 9.18 Å². The number of hydrogen-bond acceptors (Lipinski definition) is 3. The zero-order chi connectivity index (χ0) is 15.6. The minimum atomic E-state index is -1.19. The Morgan fingerprint density at radius 2 is 2.05 bits per heavy atom. The highest BCUT2D eigenvalue weighted by atomic mass is 19.1. The van der Waals surface area contributed by atoms with Gasteiger partial charge in [0.1, 0.15) is 5.69 Å². The van der Waals surface area contributed by atoms with E-state index in [2.05, 4.69) is 10.3 Å². The molecular formula is C14H13FN2O4. The van der Waals surface area contributed by atoms with E-state index in [0.29, 0.717) is 5.69 Å². The maximum atomic E-state index is 13.3. The van der Waals surface area contributed by atoms with Crippen molar-refractivity contribution < 1.29 is 23.8 Å². The fourth-order valence-electron chi connectivity index (χ4n) is 1.85. The molecule has 0 bridgehead atoms. The van der Waals surface area contributed by atoms with Gasteiger partial charge in [-0.1, -0.05) is 0 Å². The Hall–Kier alpha value is -2.83. The van der Waals surface area contributed by atoms with Crippen LogP contribution in [0.25, 0.3) is 0 Å². The molecule has 1 aromatic carbocycles. The first-order valence-electron chi connectivity index (χ1n) is 6.00.